The molecule has 0 fully saturated rings. The van der Waals surface area contributed by atoms with Gasteiger partial charge >= 0.3 is 0 Å². The Morgan fingerprint density at radius 2 is 1.93 bits per heavy atom. The van der Waals surface area contributed by atoms with E-state index in [1.807, 2.05) is 24.3 Å². The SMILES string of the molecule is O=c1c2nnn(-c3ccc(Br)cc3)c2ncn1Cc1cccc([N+](=O)[O-])c1. The average molecular weight is 427 g/mol. The van der Waals surface area contributed by atoms with Crippen LogP contribution in [0, 0.1) is 10.1 Å². The Morgan fingerprint density at radius 1 is 1.15 bits per heavy atom. The summed E-state index contributed by atoms with van der Waals surface area (Å²) in [6, 6.07) is 13.5. The van der Waals surface area contributed by atoms with Crippen molar-refractivity contribution < 1.29 is 4.92 Å². The Morgan fingerprint density at radius 3 is 2.67 bits per heavy atom. The van der Waals surface area contributed by atoms with Crippen LogP contribution in [-0.4, -0.2) is 29.5 Å². The number of hydrogen-bond acceptors (Lipinski definition) is 6. The molecular formula is C17H11BrN6O3. The van der Waals surface area contributed by atoms with Crippen molar-refractivity contribution in [1.82, 2.24) is 24.5 Å². The normalized spacial score (nSPS) is 11.0. The lowest BCUT2D eigenvalue weighted by molar-refractivity contribution is -0.384. The molecule has 0 N–H and O–H groups in total. The highest BCUT2D eigenvalue weighted by Crippen LogP contribution is 2.17. The molecule has 0 aliphatic heterocycles. The van der Waals surface area contributed by atoms with Gasteiger partial charge in [-0.15, -0.1) is 5.10 Å². The first-order valence-corrected chi connectivity index (χ1v) is 8.62. The molecule has 0 amide bonds. The molecule has 0 aliphatic carbocycles. The number of non-ortho nitro benzene ring substituents is 1. The summed E-state index contributed by atoms with van der Waals surface area (Å²) in [5.41, 5.74) is 1.42. The van der Waals surface area contributed by atoms with Crippen LogP contribution in [0.3, 0.4) is 0 Å². The van der Waals surface area contributed by atoms with Gasteiger partial charge in [0.2, 0.25) is 0 Å². The van der Waals surface area contributed by atoms with E-state index in [-0.39, 0.29) is 23.3 Å². The summed E-state index contributed by atoms with van der Waals surface area (Å²) >= 11 is 3.37. The van der Waals surface area contributed by atoms with Gasteiger partial charge in [0, 0.05) is 16.6 Å². The minimum atomic E-state index is -0.475. The summed E-state index contributed by atoms with van der Waals surface area (Å²) < 4.78 is 3.76. The highest BCUT2D eigenvalue weighted by Gasteiger charge is 2.14. The molecule has 4 aromatic rings. The van der Waals surface area contributed by atoms with E-state index in [1.54, 1.807) is 12.1 Å². The van der Waals surface area contributed by atoms with E-state index in [9.17, 15) is 14.9 Å². The Kier molecular flexibility index (Phi) is 4.24. The zero-order valence-corrected chi connectivity index (χ0v) is 15.3. The first-order valence-electron chi connectivity index (χ1n) is 7.83. The molecular weight excluding hydrogens is 416 g/mol. The highest BCUT2D eigenvalue weighted by atomic mass is 79.9. The van der Waals surface area contributed by atoms with Gasteiger partial charge in [0.05, 0.1) is 17.2 Å². The summed E-state index contributed by atoms with van der Waals surface area (Å²) in [4.78, 5) is 27.5. The van der Waals surface area contributed by atoms with Gasteiger partial charge in [-0.25, -0.2) is 4.98 Å². The third-order valence-electron chi connectivity index (χ3n) is 3.97. The van der Waals surface area contributed by atoms with Crippen molar-refractivity contribution in [2.75, 3.05) is 0 Å². The number of rotatable bonds is 4. The lowest BCUT2D eigenvalue weighted by Crippen LogP contribution is -2.21. The minimum absolute atomic E-state index is 0.0317. The van der Waals surface area contributed by atoms with Crippen LogP contribution >= 0.6 is 15.9 Å². The molecule has 9 nitrogen and oxygen atoms in total. The molecule has 2 aromatic carbocycles. The van der Waals surface area contributed by atoms with Gasteiger partial charge in [0.1, 0.15) is 6.33 Å². The quantitative estimate of drug-likeness (QED) is 0.366. The van der Waals surface area contributed by atoms with Crippen LogP contribution in [0.4, 0.5) is 5.69 Å². The van der Waals surface area contributed by atoms with E-state index in [4.69, 9.17) is 0 Å². The number of nitrogens with zero attached hydrogens (tertiary/aromatic N) is 6. The molecule has 134 valence electrons. The van der Waals surface area contributed by atoms with E-state index in [0.717, 1.165) is 10.2 Å². The van der Waals surface area contributed by atoms with Crippen LogP contribution in [0.5, 0.6) is 0 Å². The summed E-state index contributed by atoms with van der Waals surface area (Å²) in [5, 5.41) is 18.9. The van der Waals surface area contributed by atoms with E-state index in [0.29, 0.717) is 11.2 Å². The monoisotopic (exact) mass is 426 g/mol. The second kappa shape index (κ2) is 6.72. The summed E-state index contributed by atoms with van der Waals surface area (Å²) in [5.74, 6) is 0. The lowest BCUT2D eigenvalue weighted by atomic mass is 10.2. The number of fused-ring (bicyclic) bond motifs is 1. The minimum Gasteiger partial charge on any atom is -0.293 e. The molecule has 0 atom stereocenters. The first kappa shape index (κ1) is 17.0. The Balaban J connectivity index is 1.73. The maximum Gasteiger partial charge on any atom is 0.283 e. The zero-order chi connectivity index (χ0) is 19.0. The van der Waals surface area contributed by atoms with Crippen molar-refractivity contribution >= 4 is 32.8 Å². The summed E-state index contributed by atoms with van der Waals surface area (Å²) in [6.45, 7) is 0.147. The fraction of sp³-hybridized carbons (Fsp3) is 0.0588. The van der Waals surface area contributed by atoms with Crippen LogP contribution in [0.2, 0.25) is 0 Å². The molecule has 0 spiro atoms. The number of nitro benzene ring substituents is 1. The molecule has 0 saturated carbocycles. The Labute approximate surface area is 160 Å². The zero-order valence-electron chi connectivity index (χ0n) is 13.7. The number of benzene rings is 2. The fourth-order valence-electron chi connectivity index (χ4n) is 2.68. The molecule has 2 aromatic heterocycles. The molecule has 0 saturated heterocycles. The fourth-order valence-corrected chi connectivity index (χ4v) is 2.94. The second-order valence-corrected chi connectivity index (χ2v) is 6.67. The molecule has 10 heteroatoms. The summed E-state index contributed by atoms with van der Waals surface area (Å²) in [6.07, 6.45) is 1.39. The largest absolute Gasteiger partial charge is 0.293 e. The van der Waals surface area contributed by atoms with Crippen molar-refractivity contribution in [1.29, 1.82) is 0 Å². The lowest BCUT2D eigenvalue weighted by Gasteiger charge is -2.06. The average Bonchev–Trinajstić information content (AvgIpc) is 3.10. The van der Waals surface area contributed by atoms with Gasteiger partial charge in [-0.2, -0.15) is 4.68 Å². The van der Waals surface area contributed by atoms with Gasteiger partial charge in [-0.1, -0.05) is 33.3 Å². The Bertz CT molecular complexity index is 1220. The van der Waals surface area contributed by atoms with E-state index < -0.39 is 4.92 Å². The van der Waals surface area contributed by atoms with Crippen LogP contribution in [0.1, 0.15) is 5.56 Å². The second-order valence-electron chi connectivity index (χ2n) is 5.75. The van der Waals surface area contributed by atoms with E-state index >= 15 is 0 Å². The number of hydrogen-bond donors (Lipinski definition) is 0. The van der Waals surface area contributed by atoms with Gasteiger partial charge in [0.25, 0.3) is 11.2 Å². The van der Waals surface area contributed by atoms with E-state index in [1.165, 1.54) is 27.7 Å². The predicted molar refractivity (Wildman–Crippen MR) is 101 cm³/mol. The standard InChI is InChI=1S/C17H11BrN6O3/c18-12-4-6-13(7-5-12)23-16-15(20-21-23)17(25)22(10-19-16)9-11-2-1-3-14(8-11)24(26)27/h1-8,10H,9H2. The van der Waals surface area contributed by atoms with Crippen LogP contribution in [0.25, 0.3) is 16.9 Å². The van der Waals surface area contributed by atoms with Crippen molar-refractivity contribution in [3.05, 3.63) is 85.4 Å². The van der Waals surface area contributed by atoms with Crippen LogP contribution in [0.15, 0.2) is 64.1 Å². The van der Waals surface area contributed by atoms with Crippen molar-refractivity contribution in [3.63, 3.8) is 0 Å². The third kappa shape index (κ3) is 3.22. The number of nitro groups is 1. The molecule has 0 bridgehead atoms. The molecule has 4 rings (SSSR count). The van der Waals surface area contributed by atoms with Gasteiger partial charge in [-0.05, 0) is 29.8 Å². The van der Waals surface area contributed by atoms with Crippen LogP contribution < -0.4 is 5.56 Å². The predicted octanol–water partition coefficient (Wildman–Crippen LogP) is 2.70. The third-order valence-corrected chi connectivity index (χ3v) is 4.50. The maximum absolute atomic E-state index is 12.7. The van der Waals surface area contributed by atoms with Crippen molar-refractivity contribution in [2.24, 2.45) is 0 Å². The number of aromatic nitrogens is 5. The molecule has 0 aliphatic rings. The van der Waals surface area contributed by atoms with E-state index in [2.05, 4.69) is 31.2 Å². The first-order chi connectivity index (χ1) is 13.0. The van der Waals surface area contributed by atoms with Crippen molar-refractivity contribution in [2.45, 2.75) is 6.54 Å². The molecule has 2 heterocycles. The van der Waals surface area contributed by atoms with Gasteiger partial charge < -0.3 is 0 Å². The molecule has 0 unspecified atom stereocenters. The molecule has 27 heavy (non-hydrogen) atoms. The molecule has 0 radical (unpaired) electrons. The Hall–Kier alpha value is -3.40. The van der Waals surface area contributed by atoms with Crippen molar-refractivity contribution in [3.8, 4) is 5.69 Å². The van der Waals surface area contributed by atoms with Gasteiger partial charge in [0.15, 0.2) is 11.2 Å². The van der Waals surface area contributed by atoms with Gasteiger partial charge in [-0.3, -0.25) is 19.5 Å². The number of halogens is 1. The maximum atomic E-state index is 12.7. The highest BCUT2D eigenvalue weighted by molar-refractivity contribution is 9.10. The van der Waals surface area contributed by atoms with Crippen LogP contribution in [-0.2, 0) is 6.54 Å². The smallest absolute Gasteiger partial charge is 0.283 e. The topological polar surface area (TPSA) is 109 Å². The summed E-state index contributed by atoms with van der Waals surface area (Å²) in [7, 11) is 0.